The molecule has 1 aliphatic carbocycles. The number of hydrazone groups is 1. The first-order valence-electron chi connectivity index (χ1n) is 7.84. The van der Waals surface area contributed by atoms with Gasteiger partial charge in [-0.3, -0.25) is 10.4 Å². The van der Waals surface area contributed by atoms with E-state index in [0.717, 1.165) is 41.4 Å². The predicted molar refractivity (Wildman–Crippen MR) is 95.1 cm³/mol. The molecule has 23 heavy (non-hydrogen) atoms. The SMILES string of the molecule is CC(=NNC(=S)N1CC2CCC(CC2)C1)c1ccccn1.[Cl][Cu]. The van der Waals surface area contributed by atoms with Crippen molar-refractivity contribution >= 4 is 33.1 Å². The molecule has 2 saturated heterocycles. The molecule has 2 aliphatic heterocycles. The van der Waals surface area contributed by atoms with Crippen LogP contribution in [0.25, 0.3) is 0 Å². The molecular weight excluding hydrogens is 379 g/mol. The normalized spacial score (nSPS) is 23.7. The van der Waals surface area contributed by atoms with Crippen LogP contribution in [0.2, 0.25) is 0 Å². The van der Waals surface area contributed by atoms with E-state index < -0.39 is 0 Å². The molecule has 0 radical (unpaired) electrons. The van der Waals surface area contributed by atoms with Gasteiger partial charge >= 0.3 is 25.2 Å². The Morgan fingerprint density at radius 2 is 1.87 bits per heavy atom. The first-order chi connectivity index (χ1) is 11.2. The van der Waals surface area contributed by atoms with Crippen molar-refractivity contribution in [2.45, 2.75) is 32.6 Å². The van der Waals surface area contributed by atoms with Gasteiger partial charge in [-0.2, -0.15) is 5.10 Å². The molecule has 4 nitrogen and oxygen atoms in total. The zero-order valence-corrected chi connectivity index (χ0v) is 15.7. The molecule has 4 rings (SSSR count). The van der Waals surface area contributed by atoms with E-state index in [4.69, 9.17) is 12.2 Å². The number of aromatic nitrogens is 1. The van der Waals surface area contributed by atoms with E-state index in [1.54, 1.807) is 6.20 Å². The third-order valence-electron chi connectivity index (χ3n) is 4.57. The Morgan fingerprint density at radius 3 is 2.39 bits per heavy atom. The Bertz CT molecular complexity index is 518. The third-order valence-corrected chi connectivity index (χ3v) is 4.92. The molecule has 0 amide bonds. The van der Waals surface area contributed by atoms with Crippen LogP contribution >= 0.6 is 22.3 Å². The Morgan fingerprint density at radius 1 is 1.26 bits per heavy atom. The predicted octanol–water partition coefficient (Wildman–Crippen LogP) is 3.49. The monoisotopic (exact) mass is 400 g/mol. The first kappa shape index (κ1) is 18.7. The van der Waals surface area contributed by atoms with E-state index in [2.05, 4.69) is 45.6 Å². The van der Waals surface area contributed by atoms with Gasteiger partial charge in [-0.25, -0.2) is 0 Å². The summed E-state index contributed by atoms with van der Waals surface area (Å²) in [5, 5.41) is 5.15. The molecule has 1 aromatic rings. The third kappa shape index (κ3) is 5.42. The van der Waals surface area contributed by atoms with Crippen molar-refractivity contribution in [3.8, 4) is 0 Å². The summed E-state index contributed by atoms with van der Waals surface area (Å²) in [5.41, 5.74) is 4.79. The van der Waals surface area contributed by atoms with E-state index in [0.29, 0.717) is 0 Å². The van der Waals surface area contributed by atoms with Gasteiger partial charge < -0.3 is 4.90 Å². The second-order valence-corrected chi connectivity index (χ2v) is 6.51. The maximum absolute atomic E-state index is 5.52. The zero-order valence-electron chi connectivity index (χ0n) is 13.1. The Kier molecular flexibility index (Phi) is 7.77. The van der Waals surface area contributed by atoms with Gasteiger partial charge in [-0.05, 0) is 68.8 Å². The topological polar surface area (TPSA) is 40.5 Å². The molecule has 0 spiro atoms. The van der Waals surface area contributed by atoms with Gasteiger partial charge in [0.15, 0.2) is 5.11 Å². The molecule has 3 fully saturated rings. The molecule has 0 aromatic carbocycles. The number of pyridine rings is 1. The average Bonchev–Trinajstić information content (AvgIpc) is 2.96. The van der Waals surface area contributed by atoms with Gasteiger partial charge in [0.05, 0.1) is 11.4 Å². The molecular formula is C16H22ClCuN4S. The van der Waals surface area contributed by atoms with Crippen LogP contribution in [0, 0.1) is 11.8 Å². The van der Waals surface area contributed by atoms with Gasteiger partial charge in [0.1, 0.15) is 0 Å². The minimum atomic E-state index is 0.754. The average molecular weight is 401 g/mol. The van der Waals surface area contributed by atoms with Gasteiger partial charge in [0.25, 0.3) is 0 Å². The number of rotatable bonds is 2. The summed E-state index contributed by atoms with van der Waals surface area (Å²) in [6.45, 7) is 4.12. The fourth-order valence-corrected chi connectivity index (χ4v) is 3.49. The summed E-state index contributed by atoms with van der Waals surface area (Å²) in [6, 6.07) is 5.82. The Labute approximate surface area is 156 Å². The van der Waals surface area contributed by atoms with Gasteiger partial charge in [-0.1, -0.05) is 6.07 Å². The van der Waals surface area contributed by atoms with E-state index in [1.165, 1.54) is 25.7 Å². The fraction of sp³-hybridized carbons (Fsp3) is 0.562. The van der Waals surface area contributed by atoms with Crippen LogP contribution in [-0.2, 0) is 15.1 Å². The summed E-state index contributed by atoms with van der Waals surface area (Å²) in [4.78, 5) is 6.60. The molecule has 1 aromatic heterocycles. The van der Waals surface area contributed by atoms with Crippen molar-refractivity contribution < 1.29 is 15.1 Å². The van der Waals surface area contributed by atoms with E-state index in [-0.39, 0.29) is 0 Å². The van der Waals surface area contributed by atoms with Crippen molar-refractivity contribution in [3.05, 3.63) is 30.1 Å². The Hall–Kier alpha value is -0.681. The second kappa shape index (κ2) is 9.58. The molecule has 3 aliphatic rings. The standard InChI is InChI=1S/C16H22N4S.ClH.Cu/c1-12(15-4-2-3-9-17-15)18-19-16(21)20-10-13-5-6-14(11-20)8-7-13;;/h2-4,9,13-14H,5-8,10-11H2,1H3,(H,19,21);1H;/q;;+1/p-1. The van der Waals surface area contributed by atoms with Crippen LogP contribution < -0.4 is 5.43 Å². The summed E-state index contributed by atoms with van der Waals surface area (Å²) in [6.07, 6.45) is 7.22. The molecule has 2 bridgehead atoms. The molecule has 0 unspecified atom stereocenters. The van der Waals surface area contributed by atoms with Crippen LogP contribution in [-0.4, -0.2) is 33.8 Å². The number of hydrogen-bond acceptors (Lipinski definition) is 3. The number of nitrogens with zero attached hydrogens (tertiary/aromatic N) is 3. The Balaban J connectivity index is 0.000000924. The van der Waals surface area contributed by atoms with Gasteiger partial charge in [0, 0.05) is 19.3 Å². The van der Waals surface area contributed by atoms with Crippen LogP contribution in [0.3, 0.4) is 0 Å². The summed E-state index contributed by atoms with van der Waals surface area (Å²) >= 11 is 9.18. The van der Waals surface area contributed by atoms with Gasteiger partial charge in [-0.15, -0.1) is 0 Å². The number of thiocarbonyl (C=S) groups is 1. The number of fused-ring (bicyclic) bond motifs is 4. The molecule has 1 saturated carbocycles. The minimum absolute atomic E-state index is 0.754. The number of halogens is 1. The molecule has 130 valence electrons. The van der Waals surface area contributed by atoms with E-state index in [1.807, 2.05) is 25.1 Å². The van der Waals surface area contributed by atoms with Crippen molar-refractivity contribution in [1.82, 2.24) is 15.3 Å². The van der Waals surface area contributed by atoms with Crippen molar-refractivity contribution in [2.75, 3.05) is 13.1 Å². The number of hydrogen-bond donors (Lipinski definition) is 1. The number of nitrogens with one attached hydrogen (secondary N) is 1. The molecule has 3 heterocycles. The zero-order chi connectivity index (χ0) is 16.7. The van der Waals surface area contributed by atoms with Crippen molar-refractivity contribution in [1.29, 1.82) is 0 Å². The van der Waals surface area contributed by atoms with Gasteiger partial charge in [0.2, 0.25) is 0 Å². The van der Waals surface area contributed by atoms with Crippen LogP contribution in [0.15, 0.2) is 29.5 Å². The van der Waals surface area contributed by atoms with Crippen molar-refractivity contribution in [3.63, 3.8) is 0 Å². The molecule has 0 atom stereocenters. The summed E-state index contributed by atoms with van der Waals surface area (Å²) in [5.74, 6) is 1.62. The van der Waals surface area contributed by atoms with E-state index in [9.17, 15) is 0 Å². The van der Waals surface area contributed by atoms with E-state index >= 15 is 0 Å². The van der Waals surface area contributed by atoms with Crippen molar-refractivity contribution in [2.24, 2.45) is 16.9 Å². The first-order valence-corrected chi connectivity index (χ1v) is 9.55. The molecule has 1 N–H and O–H groups in total. The fourth-order valence-electron chi connectivity index (χ4n) is 3.30. The summed E-state index contributed by atoms with van der Waals surface area (Å²) < 4.78 is 0. The maximum atomic E-state index is 5.52. The second-order valence-electron chi connectivity index (χ2n) is 6.12. The van der Waals surface area contributed by atoms with Crippen LogP contribution in [0.1, 0.15) is 38.3 Å². The van der Waals surface area contributed by atoms with Crippen LogP contribution in [0.4, 0.5) is 0 Å². The quantitative estimate of drug-likeness (QED) is 0.357. The van der Waals surface area contributed by atoms with Crippen LogP contribution in [0.5, 0.6) is 0 Å². The summed E-state index contributed by atoms with van der Waals surface area (Å²) in [7, 11) is 4.20. The molecule has 7 heteroatoms.